The molecule has 0 unspecified atom stereocenters. The molecule has 1 aliphatic rings. The predicted molar refractivity (Wildman–Crippen MR) is 133 cm³/mol. The lowest BCUT2D eigenvalue weighted by atomic mass is 9.63. The average Bonchev–Trinajstić information content (AvgIpc) is 2.83. The molecule has 0 heterocycles. The molecule has 0 amide bonds. The molecule has 4 rings (SSSR count). The van der Waals surface area contributed by atoms with Gasteiger partial charge in [-0.15, -0.1) is 0 Å². The molecule has 156 valence electrons. The van der Waals surface area contributed by atoms with Gasteiger partial charge in [0.15, 0.2) is 0 Å². The van der Waals surface area contributed by atoms with Crippen LogP contribution in [0.5, 0.6) is 0 Å². The number of hydrogen-bond donors (Lipinski definition) is 0. The summed E-state index contributed by atoms with van der Waals surface area (Å²) in [5.41, 5.74) is 5.14. The third-order valence-corrected chi connectivity index (χ3v) is 6.32. The smallest absolute Gasteiger partial charge is 0.0664 e. The first-order valence-electron chi connectivity index (χ1n) is 11.6. The van der Waals surface area contributed by atoms with Crippen LogP contribution in [0.1, 0.15) is 55.2 Å². The Bertz CT molecular complexity index is 911. The molecule has 0 fully saturated rings. The molecule has 0 aromatic heterocycles. The third-order valence-electron chi connectivity index (χ3n) is 6.32. The van der Waals surface area contributed by atoms with Gasteiger partial charge in [-0.05, 0) is 42.4 Å². The normalized spacial score (nSPS) is 15.5. The van der Waals surface area contributed by atoms with Crippen molar-refractivity contribution in [1.82, 2.24) is 0 Å². The highest BCUT2D eigenvalue weighted by Gasteiger charge is 2.39. The molecule has 0 spiro atoms. The molecule has 0 aliphatic heterocycles. The second-order valence-electron chi connectivity index (χ2n) is 8.31. The molecule has 31 heavy (non-hydrogen) atoms. The average molecular weight is 405 g/mol. The minimum atomic E-state index is -0.304. The standard InChI is InChI=1S/C31H32/c1-2-4-6-11-19-27(20-12-7-5-3-1)31(28-21-13-8-14-22-28,29-23-15-9-16-24-29)30-25-17-10-18-26-30/h2,4,6,8-11,13-19,21-26H,1,3,5,7,12,20H2. The Morgan fingerprint density at radius 3 is 1.55 bits per heavy atom. The minimum absolute atomic E-state index is 0.304. The lowest BCUT2D eigenvalue weighted by Crippen LogP contribution is -2.32. The SMILES string of the molecule is C1=CC=C(C(c2ccccc2)(c2ccccc2)c2ccccc2)CCCCCCC=C1. The lowest BCUT2D eigenvalue weighted by Gasteiger charge is -2.39. The van der Waals surface area contributed by atoms with Crippen LogP contribution in [0.3, 0.4) is 0 Å². The quantitative estimate of drug-likeness (QED) is 0.383. The Kier molecular flexibility index (Phi) is 7.34. The predicted octanol–water partition coefficient (Wildman–Crippen LogP) is 8.41. The van der Waals surface area contributed by atoms with E-state index in [1.54, 1.807) is 0 Å². The highest BCUT2D eigenvalue weighted by molar-refractivity contribution is 5.59. The summed E-state index contributed by atoms with van der Waals surface area (Å²) in [7, 11) is 0. The molecule has 3 aromatic rings. The largest absolute Gasteiger partial charge is 0.0845 e. The zero-order valence-corrected chi connectivity index (χ0v) is 18.3. The second kappa shape index (κ2) is 10.8. The molecule has 0 nitrogen and oxygen atoms in total. The van der Waals surface area contributed by atoms with Gasteiger partial charge in [-0.25, -0.2) is 0 Å². The van der Waals surface area contributed by atoms with Crippen LogP contribution in [0.2, 0.25) is 0 Å². The van der Waals surface area contributed by atoms with Crippen LogP contribution in [0, 0.1) is 0 Å². The Labute approximate surface area is 187 Å². The maximum absolute atomic E-state index is 2.37. The van der Waals surface area contributed by atoms with Gasteiger partial charge in [-0.3, -0.25) is 0 Å². The molecule has 0 radical (unpaired) electrons. The Hall–Kier alpha value is -3.12. The number of benzene rings is 3. The van der Waals surface area contributed by atoms with E-state index in [9.17, 15) is 0 Å². The van der Waals surface area contributed by atoms with Crippen molar-refractivity contribution in [2.45, 2.75) is 43.9 Å². The number of hydrogen-bond acceptors (Lipinski definition) is 0. The first-order valence-corrected chi connectivity index (χ1v) is 11.6. The monoisotopic (exact) mass is 404 g/mol. The van der Waals surface area contributed by atoms with Gasteiger partial charge in [0.05, 0.1) is 5.41 Å². The topological polar surface area (TPSA) is 0 Å². The van der Waals surface area contributed by atoms with Crippen LogP contribution >= 0.6 is 0 Å². The number of rotatable bonds is 4. The van der Waals surface area contributed by atoms with E-state index in [0.29, 0.717) is 0 Å². The first-order chi connectivity index (χ1) is 15.4. The van der Waals surface area contributed by atoms with E-state index >= 15 is 0 Å². The van der Waals surface area contributed by atoms with Gasteiger partial charge in [-0.2, -0.15) is 0 Å². The number of allylic oxidation sites excluding steroid dienone is 6. The van der Waals surface area contributed by atoms with Crippen LogP contribution in [-0.2, 0) is 5.41 Å². The summed E-state index contributed by atoms with van der Waals surface area (Å²) in [6, 6.07) is 33.1. The van der Waals surface area contributed by atoms with Crippen molar-refractivity contribution in [3.8, 4) is 0 Å². The van der Waals surface area contributed by atoms with Crippen LogP contribution in [0.25, 0.3) is 0 Å². The summed E-state index contributed by atoms with van der Waals surface area (Å²) in [6.07, 6.45) is 18.6. The van der Waals surface area contributed by atoms with E-state index in [4.69, 9.17) is 0 Å². The van der Waals surface area contributed by atoms with Crippen LogP contribution in [0.4, 0.5) is 0 Å². The van der Waals surface area contributed by atoms with Crippen molar-refractivity contribution >= 4 is 0 Å². The fraction of sp³-hybridized carbons (Fsp3) is 0.226. The van der Waals surface area contributed by atoms with Gasteiger partial charge in [-0.1, -0.05) is 140 Å². The van der Waals surface area contributed by atoms with Gasteiger partial charge < -0.3 is 0 Å². The summed E-state index contributed by atoms with van der Waals surface area (Å²) < 4.78 is 0. The van der Waals surface area contributed by atoms with E-state index in [-0.39, 0.29) is 5.41 Å². The van der Waals surface area contributed by atoms with E-state index in [1.807, 2.05) is 0 Å². The van der Waals surface area contributed by atoms with Crippen molar-refractivity contribution in [3.63, 3.8) is 0 Å². The summed E-state index contributed by atoms with van der Waals surface area (Å²) in [6.45, 7) is 0. The van der Waals surface area contributed by atoms with E-state index in [2.05, 4.69) is 121 Å². The molecule has 3 aromatic carbocycles. The zero-order valence-electron chi connectivity index (χ0n) is 18.3. The van der Waals surface area contributed by atoms with Gasteiger partial charge in [0.1, 0.15) is 0 Å². The van der Waals surface area contributed by atoms with Crippen molar-refractivity contribution in [1.29, 1.82) is 0 Å². The van der Waals surface area contributed by atoms with Crippen LogP contribution < -0.4 is 0 Å². The Morgan fingerprint density at radius 1 is 0.484 bits per heavy atom. The molecule has 0 N–H and O–H groups in total. The molecule has 0 saturated carbocycles. The molecular formula is C31H32. The molecule has 0 atom stereocenters. The lowest BCUT2D eigenvalue weighted by molar-refractivity contribution is 0.604. The highest BCUT2D eigenvalue weighted by atomic mass is 14.4. The van der Waals surface area contributed by atoms with Crippen LogP contribution in [0.15, 0.2) is 127 Å². The first kappa shape index (κ1) is 21.1. The van der Waals surface area contributed by atoms with Gasteiger partial charge in [0, 0.05) is 0 Å². The molecule has 1 aliphatic carbocycles. The molecule has 0 saturated heterocycles. The fourth-order valence-electron chi connectivity index (χ4n) is 4.86. The third kappa shape index (κ3) is 4.80. The van der Waals surface area contributed by atoms with Crippen LogP contribution in [-0.4, -0.2) is 0 Å². The maximum atomic E-state index is 2.37. The second-order valence-corrected chi connectivity index (χ2v) is 8.31. The van der Waals surface area contributed by atoms with Crippen molar-refractivity contribution < 1.29 is 0 Å². The van der Waals surface area contributed by atoms with Gasteiger partial charge >= 0.3 is 0 Å². The van der Waals surface area contributed by atoms with E-state index < -0.39 is 0 Å². The Morgan fingerprint density at radius 2 is 1.00 bits per heavy atom. The summed E-state index contributed by atoms with van der Waals surface area (Å²) in [5.74, 6) is 0. The van der Waals surface area contributed by atoms with Gasteiger partial charge in [0.2, 0.25) is 0 Å². The van der Waals surface area contributed by atoms with Crippen molar-refractivity contribution in [2.75, 3.05) is 0 Å². The molecule has 0 bridgehead atoms. The Balaban J connectivity index is 1.98. The summed E-state index contributed by atoms with van der Waals surface area (Å²) in [5, 5.41) is 0. The van der Waals surface area contributed by atoms with E-state index in [0.717, 1.165) is 6.42 Å². The van der Waals surface area contributed by atoms with Gasteiger partial charge in [0.25, 0.3) is 0 Å². The minimum Gasteiger partial charge on any atom is -0.0845 e. The maximum Gasteiger partial charge on any atom is 0.0664 e. The van der Waals surface area contributed by atoms with Crippen molar-refractivity contribution in [3.05, 3.63) is 144 Å². The van der Waals surface area contributed by atoms with E-state index in [1.165, 1.54) is 54.4 Å². The summed E-state index contributed by atoms with van der Waals surface area (Å²) in [4.78, 5) is 0. The summed E-state index contributed by atoms with van der Waals surface area (Å²) >= 11 is 0. The molecular weight excluding hydrogens is 372 g/mol. The fourth-order valence-corrected chi connectivity index (χ4v) is 4.86. The molecule has 0 heteroatoms. The highest BCUT2D eigenvalue weighted by Crippen LogP contribution is 2.47. The van der Waals surface area contributed by atoms with Crippen molar-refractivity contribution in [2.24, 2.45) is 0 Å². The zero-order chi connectivity index (χ0) is 21.2.